The Bertz CT molecular complexity index is 917. The van der Waals surface area contributed by atoms with Gasteiger partial charge < -0.3 is 20.3 Å². The van der Waals surface area contributed by atoms with Crippen LogP contribution in [0.1, 0.15) is 38.5 Å². The van der Waals surface area contributed by atoms with E-state index in [0.29, 0.717) is 6.54 Å². The Kier molecular flexibility index (Phi) is 4.38. The lowest BCUT2D eigenvalue weighted by molar-refractivity contribution is -0.143. The average Bonchev–Trinajstić information content (AvgIpc) is 3.05. The summed E-state index contributed by atoms with van der Waals surface area (Å²) in [6.07, 6.45) is 5.01. The molecule has 5 rings (SSSR count). The minimum absolute atomic E-state index is 0.0547. The molecule has 0 aromatic carbocycles. The van der Waals surface area contributed by atoms with Crippen molar-refractivity contribution in [1.82, 2.24) is 15.5 Å². The van der Waals surface area contributed by atoms with E-state index in [1.807, 2.05) is 50.4 Å². The fourth-order valence-electron chi connectivity index (χ4n) is 5.10. The van der Waals surface area contributed by atoms with E-state index in [9.17, 15) is 14.4 Å². The van der Waals surface area contributed by atoms with Crippen LogP contribution in [0.3, 0.4) is 0 Å². The van der Waals surface area contributed by atoms with Crippen LogP contribution in [0.5, 0.6) is 0 Å². The Hall–Kier alpha value is -2.19. The van der Waals surface area contributed by atoms with E-state index in [4.69, 9.17) is 4.74 Å². The number of ether oxygens (including phenoxy) is 1. The molecule has 30 heavy (non-hydrogen) atoms. The molecule has 4 heterocycles. The van der Waals surface area contributed by atoms with Crippen LogP contribution in [0.15, 0.2) is 29.7 Å². The van der Waals surface area contributed by atoms with E-state index in [0.717, 1.165) is 17.7 Å². The number of carbonyl (C=O) groups is 3. The average molecular weight is 430 g/mol. The summed E-state index contributed by atoms with van der Waals surface area (Å²) in [5.74, 6) is -1.81. The Labute approximate surface area is 179 Å². The summed E-state index contributed by atoms with van der Waals surface area (Å²) in [5.41, 5.74) is -1.49. The molecule has 3 amide bonds. The maximum atomic E-state index is 13.5. The second kappa shape index (κ2) is 6.65. The molecule has 3 aliphatic heterocycles. The number of likely N-dealkylation sites (tertiary alicyclic amines) is 1. The topological polar surface area (TPSA) is 87.7 Å². The van der Waals surface area contributed by atoms with Crippen molar-refractivity contribution in [3.63, 3.8) is 0 Å². The normalized spacial score (nSPS) is 34.4. The van der Waals surface area contributed by atoms with Crippen LogP contribution in [0.4, 0.5) is 0 Å². The largest absolute Gasteiger partial charge is 0.359 e. The fraction of sp³-hybridized carbons (Fsp3) is 0.591. The summed E-state index contributed by atoms with van der Waals surface area (Å²) in [6, 6.07) is 3.22. The molecule has 1 saturated carbocycles. The quantitative estimate of drug-likeness (QED) is 0.696. The van der Waals surface area contributed by atoms with Crippen molar-refractivity contribution in [2.75, 3.05) is 0 Å². The van der Waals surface area contributed by atoms with Crippen LogP contribution in [0.2, 0.25) is 0 Å². The maximum Gasteiger partial charge on any atom is 0.246 e. The number of carbonyl (C=O) groups excluding carboxylic acids is 3. The van der Waals surface area contributed by atoms with E-state index in [1.165, 1.54) is 0 Å². The third-order valence-electron chi connectivity index (χ3n) is 6.32. The summed E-state index contributed by atoms with van der Waals surface area (Å²) >= 11 is 1.58. The number of amides is 3. The smallest absolute Gasteiger partial charge is 0.246 e. The fourth-order valence-corrected chi connectivity index (χ4v) is 5.74. The van der Waals surface area contributed by atoms with Crippen molar-refractivity contribution in [2.45, 2.75) is 69.5 Å². The highest BCUT2D eigenvalue weighted by Crippen LogP contribution is 2.57. The maximum absolute atomic E-state index is 13.5. The van der Waals surface area contributed by atoms with E-state index in [1.54, 1.807) is 16.2 Å². The number of nitrogens with zero attached hydrogens (tertiary/aromatic N) is 1. The van der Waals surface area contributed by atoms with Gasteiger partial charge in [-0.1, -0.05) is 18.2 Å². The standard InChI is InChI=1S/C22H27N3O4S/c1-21(2,3)24-19(27)17-22-9-8-14(29-22)15(16(22)20(28)25(17)12-6-7-12)18(26)23-11-13-5-4-10-30-13/h4-5,8-10,12,14-17H,6-7,11H2,1-3H3,(H,23,26)(H,24,27)/t14-,15-,16-,17+,22+/m1/s1. The highest BCUT2D eigenvalue weighted by atomic mass is 32.1. The van der Waals surface area contributed by atoms with Gasteiger partial charge in [-0.25, -0.2) is 0 Å². The number of rotatable bonds is 5. The predicted molar refractivity (Wildman–Crippen MR) is 111 cm³/mol. The van der Waals surface area contributed by atoms with Gasteiger partial charge in [-0.3, -0.25) is 14.4 Å². The van der Waals surface area contributed by atoms with E-state index < -0.39 is 35.1 Å². The van der Waals surface area contributed by atoms with Gasteiger partial charge in [-0.2, -0.15) is 0 Å². The molecule has 0 unspecified atom stereocenters. The molecule has 1 aromatic rings. The molecule has 2 bridgehead atoms. The molecular formula is C22H27N3O4S. The zero-order valence-electron chi connectivity index (χ0n) is 17.4. The SMILES string of the molecule is CC(C)(C)NC(=O)[C@@H]1N(C2CC2)C(=O)[C@H]2[C@H](C(=O)NCc3cccs3)[C@H]3C=C[C@@]12O3. The number of hydrogen-bond acceptors (Lipinski definition) is 5. The Morgan fingerprint density at radius 2 is 2.07 bits per heavy atom. The van der Waals surface area contributed by atoms with Gasteiger partial charge in [0.2, 0.25) is 17.7 Å². The Morgan fingerprint density at radius 3 is 2.70 bits per heavy atom. The Balaban J connectivity index is 1.44. The summed E-state index contributed by atoms with van der Waals surface area (Å²) in [7, 11) is 0. The molecule has 0 radical (unpaired) electrons. The van der Waals surface area contributed by atoms with Crippen molar-refractivity contribution in [1.29, 1.82) is 0 Å². The van der Waals surface area contributed by atoms with Crippen LogP contribution >= 0.6 is 11.3 Å². The summed E-state index contributed by atoms with van der Waals surface area (Å²) in [6.45, 7) is 6.18. The molecule has 160 valence electrons. The molecule has 1 aliphatic carbocycles. The number of thiophene rings is 1. The van der Waals surface area contributed by atoms with Gasteiger partial charge in [-0.15, -0.1) is 11.3 Å². The van der Waals surface area contributed by atoms with E-state index in [2.05, 4.69) is 10.6 Å². The highest BCUT2D eigenvalue weighted by molar-refractivity contribution is 7.09. The molecule has 2 N–H and O–H groups in total. The molecule has 1 spiro atoms. The predicted octanol–water partition coefficient (Wildman–Crippen LogP) is 1.59. The van der Waals surface area contributed by atoms with Crippen LogP contribution in [0.25, 0.3) is 0 Å². The molecule has 2 saturated heterocycles. The van der Waals surface area contributed by atoms with Gasteiger partial charge >= 0.3 is 0 Å². The van der Waals surface area contributed by atoms with Gasteiger partial charge in [0.15, 0.2) is 0 Å². The molecule has 1 aromatic heterocycles. The zero-order chi connectivity index (χ0) is 21.3. The lowest BCUT2D eigenvalue weighted by Crippen LogP contribution is -2.58. The van der Waals surface area contributed by atoms with Gasteiger partial charge in [0, 0.05) is 16.5 Å². The first-order valence-corrected chi connectivity index (χ1v) is 11.4. The van der Waals surface area contributed by atoms with Crippen molar-refractivity contribution in [3.8, 4) is 0 Å². The summed E-state index contributed by atoms with van der Waals surface area (Å²) in [5, 5.41) is 7.96. The second-order valence-corrected chi connectivity index (χ2v) is 10.7. The monoisotopic (exact) mass is 429 g/mol. The third-order valence-corrected chi connectivity index (χ3v) is 7.19. The molecular weight excluding hydrogens is 402 g/mol. The van der Waals surface area contributed by atoms with Crippen LogP contribution < -0.4 is 10.6 Å². The lowest BCUT2D eigenvalue weighted by Gasteiger charge is -2.34. The number of hydrogen-bond donors (Lipinski definition) is 2. The van der Waals surface area contributed by atoms with Crippen molar-refractivity contribution >= 4 is 29.1 Å². The van der Waals surface area contributed by atoms with E-state index >= 15 is 0 Å². The number of nitrogens with one attached hydrogen (secondary N) is 2. The second-order valence-electron chi connectivity index (χ2n) is 9.71. The van der Waals surface area contributed by atoms with Crippen molar-refractivity contribution < 1.29 is 19.1 Å². The Morgan fingerprint density at radius 1 is 1.30 bits per heavy atom. The minimum Gasteiger partial charge on any atom is -0.359 e. The van der Waals surface area contributed by atoms with Crippen LogP contribution in [-0.4, -0.2) is 51.9 Å². The van der Waals surface area contributed by atoms with Crippen LogP contribution in [-0.2, 0) is 25.7 Å². The summed E-state index contributed by atoms with van der Waals surface area (Å²) in [4.78, 5) is 42.7. The molecule has 7 nitrogen and oxygen atoms in total. The lowest BCUT2D eigenvalue weighted by atomic mass is 9.74. The van der Waals surface area contributed by atoms with Crippen LogP contribution in [0, 0.1) is 11.8 Å². The first kappa shape index (κ1) is 19.8. The van der Waals surface area contributed by atoms with Crippen molar-refractivity contribution in [2.24, 2.45) is 11.8 Å². The van der Waals surface area contributed by atoms with Gasteiger partial charge in [0.05, 0.1) is 24.5 Å². The minimum atomic E-state index is -1.06. The first-order chi connectivity index (χ1) is 14.2. The molecule has 5 atom stereocenters. The molecule has 4 aliphatic rings. The van der Waals surface area contributed by atoms with Gasteiger partial charge in [-0.05, 0) is 45.1 Å². The first-order valence-electron chi connectivity index (χ1n) is 10.5. The summed E-state index contributed by atoms with van der Waals surface area (Å²) < 4.78 is 6.29. The number of fused-ring (bicyclic) bond motifs is 1. The van der Waals surface area contributed by atoms with Gasteiger partial charge in [0.25, 0.3) is 0 Å². The van der Waals surface area contributed by atoms with Gasteiger partial charge in [0.1, 0.15) is 11.6 Å². The zero-order valence-corrected chi connectivity index (χ0v) is 18.2. The third kappa shape index (κ3) is 3.00. The molecule has 8 heteroatoms. The highest BCUT2D eigenvalue weighted by Gasteiger charge is 2.74. The van der Waals surface area contributed by atoms with Crippen molar-refractivity contribution in [3.05, 3.63) is 34.5 Å². The molecule has 3 fully saturated rings. The van der Waals surface area contributed by atoms with E-state index in [-0.39, 0.29) is 23.8 Å².